The highest BCUT2D eigenvalue weighted by atomic mass is 35.5. The Morgan fingerprint density at radius 1 is 1.35 bits per heavy atom. The van der Waals surface area contributed by atoms with Crippen LogP contribution in [-0.2, 0) is 11.3 Å². The Morgan fingerprint density at radius 3 is 2.57 bits per heavy atom. The Bertz CT molecular complexity index is 617. The highest BCUT2D eigenvalue weighted by Crippen LogP contribution is 2.32. The molecule has 23 heavy (non-hydrogen) atoms. The average Bonchev–Trinajstić information content (AvgIpc) is 2.58. The Labute approximate surface area is 137 Å². The van der Waals surface area contributed by atoms with Gasteiger partial charge in [-0.3, -0.25) is 0 Å². The van der Waals surface area contributed by atoms with Crippen LogP contribution in [0.3, 0.4) is 0 Å². The monoisotopic (exact) mass is 350 g/mol. The first-order valence-electron chi connectivity index (χ1n) is 7.10. The van der Waals surface area contributed by atoms with Crippen LogP contribution in [0.5, 0.6) is 5.75 Å². The maximum absolute atomic E-state index is 13.0. The van der Waals surface area contributed by atoms with Crippen molar-refractivity contribution in [3.63, 3.8) is 0 Å². The van der Waals surface area contributed by atoms with Gasteiger partial charge >= 0.3 is 13.1 Å². The van der Waals surface area contributed by atoms with Crippen molar-refractivity contribution in [3.8, 4) is 5.75 Å². The third kappa shape index (κ3) is 4.47. The standard InChI is InChI=1S/C14H17BClF3NO3/c1-14(2,3)23-13(21)20-4-5-22-12-9(8-20)6-10(7-11(12)16)15(17,18)19/h6-7H,4-5,8H2,1-3H3/q-1. The van der Waals surface area contributed by atoms with Gasteiger partial charge in [0.2, 0.25) is 0 Å². The lowest BCUT2D eigenvalue weighted by molar-refractivity contribution is 0.0225. The lowest BCUT2D eigenvalue weighted by Gasteiger charge is -2.26. The van der Waals surface area contributed by atoms with Crippen LogP contribution in [0.2, 0.25) is 5.02 Å². The van der Waals surface area contributed by atoms with Crippen LogP contribution in [0.25, 0.3) is 0 Å². The van der Waals surface area contributed by atoms with Crippen molar-refractivity contribution < 1.29 is 27.2 Å². The number of halogens is 4. The topological polar surface area (TPSA) is 38.8 Å². The fourth-order valence-corrected chi connectivity index (χ4v) is 2.47. The first kappa shape index (κ1) is 17.8. The fraction of sp³-hybridized carbons (Fsp3) is 0.500. The molecule has 1 amide bonds. The van der Waals surface area contributed by atoms with Crippen LogP contribution in [-0.4, -0.2) is 36.7 Å². The predicted molar refractivity (Wildman–Crippen MR) is 82.3 cm³/mol. The highest BCUT2D eigenvalue weighted by Gasteiger charge is 2.30. The summed E-state index contributed by atoms with van der Waals surface area (Å²) in [5.41, 5.74) is -1.29. The molecular formula is C14H17BClF3NO3-. The van der Waals surface area contributed by atoms with Gasteiger partial charge in [0.1, 0.15) is 18.0 Å². The van der Waals surface area contributed by atoms with Crippen LogP contribution in [0.15, 0.2) is 12.1 Å². The molecule has 1 heterocycles. The molecule has 0 N–H and O–H groups in total. The third-order valence-corrected chi connectivity index (χ3v) is 3.42. The number of amides is 1. The van der Waals surface area contributed by atoms with Crippen molar-refractivity contribution in [2.24, 2.45) is 0 Å². The van der Waals surface area contributed by atoms with E-state index in [0.29, 0.717) is 0 Å². The number of hydrogen-bond acceptors (Lipinski definition) is 3. The summed E-state index contributed by atoms with van der Waals surface area (Å²) >= 11 is 5.91. The zero-order valence-electron chi connectivity index (χ0n) is 13.0. The normalized spacial score (nSPS) is 15.5. The molecule has 9 heteroatoms. The molecule has 0 aromatic heterocycles. The third-order valence-electron chi connectivity index (χ3n) is 3.14. The fourth-order valence-electron chi connectivity index (χ4n) is 2.17. The quantitative estimate of drug-likeness (QED) is 0.727. The van der Waals surface area contributed by atoms with E-state index in [2.05, 4.69) is 0 Å². The number of carbonyl (C=O) groups is 1. The number of ether oxygens (including phenoxy) is 2. The second-order valence-corrected chi connectivity index (χ2v) is 6.72. The molecule has 0 fully saturated rings. The van der Waals surface area contributed by atoms with Gasteiger partial charge in [0, 0.05) is 5.56 Å². The number of carbonyl (C=O) groups excluding carboxylic acids is 1. The number of fused-ring (bicyclic) bond motifs is 1. The van der Waals surface area contributed by atoms with Crippen LogP contribution >= 0.6 is 11.6 Å². The van der Waals surface area contributed by atoms with Gasteiger partial charge in [0.15, 0.2) is 0 Å². The van der Waals surface area contributed by atoms with Gasteiger partial charge in [-0.1, -0.05) is 23.7 Å². The summed E-state index contributed by atoms with van der Waals surface area (Å²) < 4.78 is 49.6. The summed E-state index contributed by atoms with van der Waals surface area (Å²) in [6.07, 6.45) is -0.604. The smallest absolute Gasteiger partial charge is 0.490 e. The minimum atomic E-state index is -5.19. The average molecular weight is 351 g/mol. The molecule has 0 atom stereocenters. The second-order valence-electron chi connectivity index (χ2n) is 6.32. The number of hydrogen-bond donors (Lipinski definition) is 0. The van der Waals surface area contributed by atoms with Crippen LogP contribution in [0.4, 0.5) is 17.7 Å². The van der Waals surface area contributed by atoms with E-state index in [1.165, 1.54) is 4.90 Å². The Kier molecular flexibility index (Phi) is 4.75. The lowest BCUT2D eigenvalue weighted by atomic mass is 9.79. The van der Waals surface area contributed by atoms with E-state index in [1.54, 1.807) is 20.8 Å². The summed E-state index contributed by atoms with van der Waals surface area (Å²) in [5, 5.41) is -0.109. The van der Waals surface area contributed by atoms with Gasteiger partial charge in [0.25, 0.3) is 0 Å². The van der Waals surface area contributed by atoms with Crippen LogP contribution in [0.1, 0.15) is 26.3 Å². The molecule has 0 radical (unpaired) electrons. The molecule has 0 saturated carbocycles. The first-order valence-corrected chi connectivity index (χ1v) is 7.48. The molecular weight excluding hydrogens is 333 g/mol. The van der Waals surface area contributed by atoms with E-state index in [-0.39, 0.29) is 36.0 Å². The summed E-state index contributed by atoms with van der Waals surface area (Å²) in [5.74, 6) is 0.182. The van der Waals surface area contributed by atoms with Crippen molar-refractivity contribution in [1.82, 2.24) is 4.90 Å². The molecule has 1 aliphatic rings. The molecule has 1 aliphatic heterocycles. The van der Waals surface area contributed by atoms with Crippen molar-refractivity contribution >= 4 is 30.1 Å². The largest absolute Gasteiger partial charge is 0.509 e. The highest BCUT2D eigenvalue weighted by molar-refractivity contribution is 6.73. The van der Waals surface area contributed by atoms with Gasteiger partial charge in [-0.15, -0.1) is 5.46 Å². The van der Waals surface area contributed by atoms with Crippen molar-refractivity contribution in [2.45, 2.75) is 32.9 Å². The molecule has 0 bridgehead atoms. The first-order chi connectivity index (χ1) is 10.5. The zero-order chi connectivity index (χ0) is 17.4. The van der Waals surface area contributed by atoms with E-state index >= 15 is 0 Å². The van der Waals surface area contributed by atoms with E-state index in [9.17, 15) is 17.7 Å². The van der Waals surface area contributed by atoms with E-state index in [4.69, 9.17) is 21.1 Å². The molecule has 1 aromatic rings. The maximum atomic E-state index is 13.0. The summed E-state index contributed by atoms with van der Waals surface area (Å²) in [6, 6.07) is 1.83. The van der Waals surface area contributed by atoms with E-state index < -0.39 is 24.1 Å². The molecule has 0 unspecified atom stereocenters. The Morgan fingerprint density at radius 2 is 2.00 bits per heavy atom. The van der Waals surface area contributed by atoms with Gasteiger partial charge in [-0.05, 0) is 20.8 Å². The maximum Gasteiger partial charge on any atom is 0.509 e. The van der Waals surface area contributed by atoms with Crippen molar-refractivity contribution in [1.29, 1.82) is 0 Å². The van der Waals surface area contributed by atoms with Gasteiger partial charge < -0.3 is 27.3 Å². The number of benzene rings is 1. The molecule has 4 nitrogen and oxygen atoms in total. The zero-order valence-corrected chi connectivity index (χ0v) is 13.8. The SMILES string of the molecule is CC(C)(C)OC(=O)N1CCOc2c(Cl)cc([B-](F)(F)F)cc2C1. The van der Waals surface area contributed by atoms with Gasteiger partial charge in [-0.25, -0.2) is 4.79 Å². The molecule has 0 spiro atoms. The minimum Gasteiger partial charge on any atom is -0.490 e. The molecule has 128 valence electrons. The van der Waals surface area contributed by atoms with Gasteiger partial charge in [-0.2, -0.15) is 0 Å². The number of rotatable bonds is 1. The van der Waals surface area contributed by atoms with Crippen molar-refractivity contribution in [3.05, 3.63) is 22.7 Å². The van der Waals surface area contributed by atoms with E-state index in [1.807, 2.05) is 0 Å². The molecule has 1 aromatic carbocycles. The second kappa shape index (κ2) is 6.15. The summed E-state index contributed by atoms with van der Waals surface area (Å²) in [6.45, 7) is 0.236. The molecule has 0 aliphatic carbocycles. The van der Waals surface area contributed by atoms with Crippen LogP contribution in [0, 0.1) is 0 Å². The minimum absolute atomic E-state index is 0.0516. The van der Waals surface area contributed by atoms with Crippen LogP contribution < -0.4 is 10.2 Å². The molecule has 0 saturated heterocycles. The van der Waals surface area contributed by atoms with Crippen molar-refractivity contribution in [2.75, 3.05) is 13.2 Å². The molecule has 2 rings (SSSR count). The lowest BCUT2D eigenvalue weighted by Crippen LogP contribution is -2.38. The van der Waals surface area contributed by atoms with Gasteiger partial charge in [0.05, 0.1) is 18.1 Å². The van der Waals surface area contributed by atoms with E-state index in [0.717, 1.165) is 12.1 Å². The Balaban J connectivity index is 2.32. The number of nitrogens with zero attached hydrogens (tertiary/aromatic N) is 1. The summed E-state index contributed by atoms with van der Waals surface area (Å²) in [4.78, 5) is 13.4. The summed E-state index contributed by atoms with van der Waals surface area (Å²) in [7, 11) is 0. The predicted octanol–water partition coefficient (Wildman–Crippen LogP) is 3.52. The Hall–Kier alpha value is -1.57.